The molecule has 0 aliphatic heterocycles. The van der Waals surface area contributed by atoms with Gasteiger partial charge in [0, 0.05) is 12.1 Å². The molecule has 0 aromatic heterocycles. The molecule has 0 aliphatic carbocycles. The molecule has 0 amide bonds. The molecule has 0 aliphatic rings. The summed E-state index contributed by atoms with van der Waals surface area (Å²) in [7, 11) is -0.662. The van der Waals surface area contributed by atoms with Crippen molar-refractivity contribution in [3.63, 3.8) is 0 Å². The summed E-state index contributed by atoms with van der Waals surface area (Å²) in [6, 6.07) is 11.3. The van der Waals surface area contributed by atoms with E-state index in [2.05, 4.69) is 15.9 Å². The van der Waals surface area contributed by atoms with Gasteiger partial charge in [-0.05, 0) is 52.3 Å². The highest BCUT2D eigenvalue weighted by molar-refractivity contribution is 9.10. The normalized spacial score (nSPS) is 11.2. The van der Waals surface area contributed by atoms with Crippen LogP contribution in [0.1, 0.15) is 0 Å². The van der Waals surface area contributed by atoms with E-state index in [0.717, 1.165) is 0 Å². The lowest BCUT2D eigenvalue weighted by atomic mass is 10.3. The van der Waals surface area contributed by atoms with Gasteiger partial charge in [0.1, 0.15) is 5.75 Å². The minimum absolute atomic E-state index is 0.164. The summed E-state index contributed by atoms with van der Waals surface area (Å²) in [6.07, 6.45) is 0. The summed E-state index contributed by atoms with van der Waals surface area (Å²) in [6.45, 7) is 0. The fourth-order valence-corrected chi connectivity index (χ4v) is 3.87. The van der Waals surface area contributed by atoms with E-state index in [1.54, 1.807) is 30.3 Å². The number of anilines is 1. The van der Waals surface area contributed by atoms with Crippen LogP contribution in [-0.2, 0) is 10.0 Å². The highest BCUT2D eigenvalue weighted by Crippen LogP contribution is 2.30. The maximum Gasteiger partial charge on any atom is 0.264 e. The fourth-order valence-electron chi connectivity index (χ4n) is 1.78. The van der Waals surface area contributed by atoms with Crippen molar-refractivity contribution in [3.8, 4) is 5.75 Å². The first-order chi connectivity index (χ1) is 9.86. The van der Waals surface area contributed by atoms with Gasteiger partial charge in [-0.15, -0.1) is 0 Å². The van der Waals surface area contributed by atoms with Crippen molar-refractivity contribution in [2.45, 2.75) is 4.90 Å². The van der Waals surface area contributed by atoms with Crippen molar-refractivity contribution in [2.24, 2.45) is 0 Å². The molecule has 0 fully saturated rings. The average Bonchev–Trinajstić information content (AvgIpc) is 2.46. The SMILES string of the molecule is COc1ccc(S(=O)(=O)N(C)c2cccc(Cl)c2)cc1Br. The van der Waals surface area contributed by atoms with E-state index in [1.165, 1.54) is 30.6 Å². The third-order valence-corrected chi connectivity index (χ3v) is 5.59. The molecule has 0 N–H and O–H groups in total. The lowest BCUT2D eigenvalue weighted by Crippen LogP contribution is -2.26. The Balaban J connectivity index is 2.44. The fraction of sp³-hybridized carbons (Fsp3) is 0.143. The first-order valence-electron chi connectivity index (χ1n) is 5.94. The van der Waals surface area contributed by atoms with Crippen molar-refractivity contribution in [1.82, 2.24) is 0 Å². The number of rotatable bonds is 4. The van der Waals surface area contributed by atoms with Crippen LogP contribution < -0.4 is 9.04 Å². The molecular weight excluding hydrogens is 378 g/mol. The molecule has 112 valence electrons. The quantitative estimate of drug-likeness (QED) is 0.794. The molecule has 4 nitrogen and oxygen atoms in total. The smallest absolute Gasteiger partial charge is 0.264 e. The summed E-state index contributed by atoms with van der Waals surface area (Å²) in [5, 5.41) is 0.477. The minimum Gasteiger partial charge on any atom is -0.496 e. The summed E-state index contributed by atoms with van der Waals surface area (Å²) in [5.74, 6) is 0.569. The maximum absolute atomic E-state index is 12.6. The molecule has 0 unspecified atom stereocenters. The van der Waals surface area contributed by atoms with Crippen LogP contribution in [0.25, 0.3) is 0 Å². The van der Waals surface area contributed by atoms with Gasteiger partial charge >= 0.3 is 0 Å². The van der Waals surface area contributed by atoms with Gasteiger partial charge < -0.3 is 4.74 Å². The van der Waals surface area contributed by atoms with E-state index in [4.69, 9.17) is 16.3 Å². The van der Waals surface area contributed by atoms with Crippen LogP contribution >= 0.6 is 27.5 Å². The first kappa shape index (κ1) is 16.1. The predicted molar refractivity (Wildman–Crippen MR) is 87.7 cm³/mol. The van der Waals surface area contributed by atoms with Gasteiger partial charge in [-0.3, -0.25) is 4.31 Å². The largest absolute Gasteiger partial charge is 0.496 e. The molecule has 2 aromatic carbocycles. The van der Waals surface area contributed by atoms with Gasteiger partial charge in [-0.2, -0.15) is 0 Å². The van der Waals surface area contributed by atoms with Crippen LogP contribution in [0.5, 0.6) is 5.75 Å². The first-order valence-corrected chi connectivity index (χ1v) is 8.55. The number of methoxy groups -OCH3 is 1. The molecule has 0 bridgehead atoms. The zero-order chi connectivity index (χ0) is 15.6. The molecule has 0 atom stereocenters. The standard InChI is InChI=1S/C14H13BrClNO3S/c1-17(11-5-3-4-10(16)8-11)21(18,19)12-6-7-14(20-2)13(15)9-12/h3-9H,1-2H3. The van der Waals surface area contributed by atoms with Crippen molar-refractivity contribution in [1.29, 1.82) is 0 Å². The Labute approximate surface area is 137 Å². The Morgan fingerprint density at radius 1 is 1.19 bits per heavy atom. The Kier molecular flexibility index (Phi) is 4.81. The summed E-state index contributed by atoms with van der Waals surface area (Å²) >= 11 is 9.19. The highest BCUT2D eigenvalue weighted by Gasteiger charge is 2.22. The maximum atomic E-state index is 12.6. The zero-order valence-corrected chi connectivity index (χ0v) is 14.5. The Bertz CT molecular complexity index is 765. The molecule has 21 heavy (non-hydrogen) atoms. The van der Waals surface area contributed by atoms with Gasteiger partial charge in [-0.25, -0.2) is 8.42 Å². The van der Waals surface area contributed by atoms with Gasteiger partial charge in [0.15, 0.2) is 0 Å². The Hall–Kier alpha value is -1.24. The predicted octanol–water partition coefficient (Wildman–Crippen LogP) is 3.94. The average molecular weight is 391 g/mol. The number of hydrogen-bond donors (Lipinski definition) is 0. The Morgan fingerprint density at radius 2 is 1.90 bits per heavy atom. The second-order valence-corrected chi connectivity index (χ2v) is 7.51. The second kappa shape index (κ2) is 6.25. The molecule has 0 spiro atoms. The monoisotopic (exact) mass is 389 g/mol. The second-order valence-electron chi connectivity index (χ2n) is 4.25. The molecule has 0 saturated heterocycles. The molecule has 7 heteroatoms. The number of benzene rings is 2. The van der Waals surface area contributed by atoms with Crippen LogP contribution in [-0.4, -0.2) is 22.6 Å². The third kappa shape index (κ3) is 3.33. The molecule has 0 saturated carbocycles. The molecule has 0 radical (unpaired) electrons. The van der Waals surface area contributed by atoms with Crippen LogP contribution in [0.4, 0.5) is 5.69 Å². The van der Waals surface area contributed by atoms with Crippen molar-refractivity contribution < 1.29 is 13.2 Å². The van der Waals surface area contributed by atoms with Gasteiger partial charge in [0.05, 0.1) is 22.2 Å². The number of hydrogen-bond acceptors (Lipinski definition) is 3. The molecule has 2 rings (SSSR count). The highest BCUT2D eigenvalue weighted by atomic mass is 79.9. The van der Waals surface area contributed by atoms with Crippen molar-refractivity contribution in [2.75, 3.05) is 18.5 Å². The summed E-state index contributed by atoms with van der Waals surface area (Å²) in [5.41, 5.74) is 0.495. The molecule has 0 heterocycles. The minimum atomic E-state index is -3.67. The Morgan fingerprint density at radius 3 is 2.48 bits per heavy atom. The van der Waals surface area contributed by atoms with E-state index in [-0.39, 0.29) is 4.90 Å². The topological polar surface area (TPSA) is 46.6 Å². The number of halogens is 2. The van der Waals surface area contributed by atoms with E-state index in [0.29, 0.717) is 20.9 Å². The van der Waals surface area contributed by atoms with Gasteiger partial charge in [-0.1, -0.05) is 17.7 Å². The number of ether oxygens (including phenoxy) is 1. The number of sulfonamides is 1. The molecule has 2 aromatic rings. The number of nitrogens with zero attached hydrogens (tertiary/aromatic N) is 1. The van der Waals surface area contributed by atoms with E-state index < -0.39 is 10.0 Å². The van der Waals surface area contributed by atoms with Crippen LogP contribution in [0, 0.1) is 0 Å². The van der Waals surface area contributed by atoms with Crippen molar-refractivity contribution >= 4 is 43.2 Å². The van der Waals surface area contributed by atoms with Crippen LogP contribution in [0.3, 0.4) is 0 Å². The lowest BCUT2D eigenvalue weighted by Gasteiger charge is -2.20. The van der Waals surface area contributed by atoms with E-state index in [9.17, 15) is 8.42 Å². The summed E-state index contributed by atoms with van der Waals surface area (Å²) < 4.78 is 32.1. The van der Waals surface area contributed by atoms with Crippen LogP contribution in [0.2, 0.25) is 5.02 Å². The molecular formula is C14H13BrClNO3S. The van der Waals surface area contributed by atoms with Crippen molar-refractivity contribution in [3.05, 3.63) is 52.0 Å². The third-order valence-electron chi connectivity index (χ3n) is 2.95. The van der Waals surface area contributed by atoms with E-state index in [1.807, 2.05) is 0 Å². The van der Waals surface area contributed by atoms with Gasteiger partial charge in [0.25, 0.3) is 10.0 Å². The lowest BCUT2D eigenvalue weighted by molar-refractivity contribution is 0.411. The van der Waals surface area contributed by atoms with Crippen LogP contribution in [0.15, 0.2) is 51.8 Å². The van der Waals surface area contributed by atoms with Gasteiger partial charge in [0.2, 0.25) is 0 Å². The van der Waals surface area contributed by atoms with E-state index >= 15 is 0 Å². The summed E-state index contributed by atoms with van der Waals surface area (Å²) in [4.78, 5) is 0.164. The zero-order valence-electron chi connectivity index (χ0n) is 11.4.